The Bertz CT molecular complexity index is 1220. The molecule has 0 saturated carbocycles. The number of aryl methyl sites for hydroxylation is 2. The number of benzene rings is 2. The van der Waals surface area contributed by atoms with Gasteiger partial charge in [0.2, 0.25) is 15.9 Å². The van der Waals surface area contributed by atoms with E-state index in [4.69, 9.17) is 16.6 Å². The summed E-state index contributed by atoms with van der Waals surface area (Å²) in [5, 5.41) is 3.53. The number of hydrogen-bond acceptors (Lipinski definition) is 4. The fourth-order valence-corrected chi connectivity index (χ4v) is 5.53. The Kier molecular flexibility index (Phi) is 8.51. The molecule has 0 radical (unpaired) electrons. The lowest BCUT2D eigenvalue weighted by Gasteiger charge is -2.18. The average Bonchev–Trinajstić information content (AvgIpc) is 3.14. The van der Waals surface area contributed by atoms with Gasteiger partial charge in [-0.2, -0.15) is 4.31 Å². The zero-order chi connectivity index (χ0) is 24.0. The highest BCUT2D eigenvalue weighted by Crippen LogP contribution is 2.24. The van der Waals surface area contributed by atoms with Gasteiger partial charge in [0.1, 0.15) is 5.82 Å². The molecule has 3 rings (SSSR count). The molecule has 0 atom stereocenters. The van der Waals surface area contributed by atoms with Crippen LogP contribution < -0.4 is 5.32 Å². The van der Waals surface area contributed by atoms with E-state index >= 15 is 0 Å². The van der Waals surface area contributed by atoms with Crippen LogP contribution in [0.3, 0.4) is 0 Å². The van der Waals surface area contributed by atoms with E-state index < -0.39 is 10.0 Å². The van der Waals surface area contributed by atoms with E-state index in [1.807, 2.05) is 38.1 Å². The maximum Gasteiger partial charge on any atom is 0.243 e. The standard InChI is InChI=1S/C24H31ClN4O3S/c1-4-15-29-22-12-11-19(33(31,32)28(5-2)6-3)16-21(22)27-23(29)13-14-24(30)26-17-18-9-7-8-10-20(18)25/h7-12,16H,4-6,13-15,17H2,1-3H3,(H,26,30). The monoisotopic (exact) mass is 490 g/mol. The molecule has 1 heterocycles. The van der Waals surface area contributed by atoms with Crippen molar-refractivity contribution < 1.29 is 13.2 Å². The molecular formula is C24H31ClN4O3S. The number of sulfonamides is 1. The molecule has 178 valence electrons. The van der Waals surface area contributed by atoms with Gasteiger partial charge in [-0.1, -0.05) is 50.6 Å². The van der Waals surface area contributed by atoms with Crippen LogP contribution in [-0.2, 0) is 34.3 Å². The Morgan fingerprint density at radius 1 is 1.12 bits per heavy atom. The Labute approximate surface area is 200 Å². The van der Waals surface area contributed by atoms with Crippen LogP contribution in [0.25, 0.3) is 11.0 Å². The van der Waals surface area contributed by atoms with Crippen molar-refractivity contribution in [2.75, 3.05) is 13.1 Å². The highest BCUT2D eigenvalue weighted by molar-refractivity contribution is 7.89. The topological polar surface area (TPSA) is 84.3 Å². The van der Waals surface area contributed by atoms with E-state index in [-0.39, 0.29) is 17.2 Å². The molecule has 7 nitrogen and oxygen atoms in total. The van der Waals surface area contributed by atoms with Gasteiger partial charge in [-0.25, -0.2) is 13.4 Å². The van der Waals surface area contributed by atoms with Gasteiger partial charge in [0.15, 0.2) is 0 Å². The smallest absolute Gasteiger partial charge is 0.243 e. The van der Waals surface area contributed by atoms with Crippen LogP contribution in [0.5, 0.6) is 0 Å². The third-order valence-electron chi connectivity index (χ3n) is 5.60. The van der Waals surface area contributed by atoms with Gasteiger partial charge >= 0.3 is 0 Å². The summed E-state index contributed by atoms with van der Waals surface area (Å²) in [4.78, 5) is 17.4. The summed E-state index contributed by atoms with van der Waals surface area (Å²) in [6.45, 7) is 7.66. The van der Waals surface area contributed by atoms with Gasteiger partial charge in [-0.3, -0.25) is 4.79 Å². The predicted molar refractivity (Wildman–Crippen MR) is 132 cm³/mol. The summed E-state index contributed by atoms with van der Waals surface area (Å²) in [6.07, 6.45) is 1.64. The lowest BCUT2D eigenvalue weighted by molar-refractivity contribution is -0.121. The summed E-state index contributed by atoms with van der Waals surface area (Å²) in [7, 11) is -3.56. The first kappa shape index (κ1) is 25.2. The number of nitrogens with one attached hydrogen (secondary N) is 1. The number of rotatable bonds is 11. The summed E-state index contributed by atoms with van der Waals surface area (Å²) in [6, 6.07) is 12.5. The predicted octanol–water partition coefficient (Wildman–Crippen LogP) is 4.38. The van der Waals surface area contributed by atoms with E-state index in [0.717, 1.165) is 29.9 Å². The second kappa shape index (κ2) is 11.1. The van der Waals surface area contributed by atoms with Crippen molar-refractivity contribution in [3.05, 3.63) is 58.9 Å². The van der Waals surface area contributed by atoms with Crippen LogP contribution >= 0.6 is 11.6 Å². The molecule has 1 aromatic heterocycles. The minimum absolute atomic E-state index is 0.0881. The van der Waals surface area contributed by atoms with Gasteiger partial charge in [0, 0.05) is 44.0 Å². The molecule has 0 aliphatic rings. The van der Waals surface area contributed by atoms with Crippen molar-refractivity contribution in [3.8, 4) is 0 Å². The maximum absolute atomic E-state index is 12.9. The van der Waals surface area contributed by atoms with Crippen molar-refractivity contribution in [3.63, 3.8) is 0 Å². The second-order valence-corrected chi connectivity index (χ2v) is 10.1. The molecule has 9 heteroatoms. The zero-order valence-corrected chi connectivity index (χ0v) is 20.9. The SMILES string of the molecule is CCCn1c(CCC(=O)NCc2ccccc2Cl)nc2cc(S(=O)(=O)N(CC)CC)ccc21. The van der Waals surface area contributed by atoms with E-state index in [1.165, 1.54) is 4.31 Å². The summed E-state index contributed by atoms with van der Waals surface area (Å²) in [5.41, 5.74) is 2.37. The van der Waals surface area contributed by atoms with E-state index in [0.29, 0.717) is 36.6 Å². The molecule has 0 spiro atoms. The molecule has 0 aliphatic carbocycles. The van der Waals surface area contributed by atoms with E-state index in [2.05, 4.69) is 16.8 Å². The van der Waals surface area contributed by atoms with E-state index in [9.17, 15) is 13.2 Å². The molecule has 1 amide bonds. The summed E-state index contributed by atoms with van der Waals surface area (Å²) >= 11 is 6.15. The fraction of sp³-hybridized carbons (Fsp3) is 0.417. The number of carbonyl (C=O) groups is 1. The van der Waals surface area contributed by atoms with Gasteiger partial charge in [0.05, 0.1) is 15.9 Å². The number of carbonyl (C=O) groups excluding carboxylic acids is 1. The number of amides is 1. The number of imidazole rings is 1. The number of nitrogens with zero attached hydrogens (tertiary/aromatic N) is 3. The normalized spacial score (nSPS) is 11.9. The Balaban J connectivity index is 1.78. The molecule has 2 aromatic carbocycles. The average molecular weight is 491 g/mol. The first-order chi connectivity index (χ1) is 15.8. The highest BCUT2D eigenvalue weighted by Gasteiger charge is 2.23. The van der Waals surface area contributed by atoms with Gasteiger partial charge in [-0.15, -0.1) is 0 Å². The highest BCUT2D eigenvalue weighted by atomic mass is 35.5. The second-order valence-electron chi connectivity index (χ2n) is 7.79. The molecular weight excluding hydrogens is 460 g/mol. The molecule has 0 unspecified atom stereocenters. The number of fused-ring (bicyclic) bond motifs is 1. The molecule has 3 aromatic rings. The van der Waals surface area contributed by atoms with Crippen molar-refractivity contribution >= 4 is 38.6 Å². The van der Waals surface area contributed by atoms with Crippen molar-refractivity contribution in [2.24, 2.45) is 0 Å². The van der Waals surface area contributed by atoms with Crippen LogP contribution in [-0.4, -0.2) is 41.3 Å². The van der Waals surface area contributed by atoms with Crippen molar-refractivity contribution in [2.45, 2.75) is 58.0 Å². The Hall–Kier alpha value is -2.42. The Morgan fingerprint density at radius 2 is 1.85 bits per heavy atom. The van der Waals surface area contributed by atoms with Crippen LogP contribution in [0.15, 0.2) is 47.4 Å². The lowest BCUT2D eigenvalue weighted by atomic mass is 10.2. The summed E-state index contributed by atoms with van der Waals surface area (Å²) in [5.74, 6) is 0.687. The van der Waals surface area contributed by atoms with Crippen molar-refractivity contribution in [1.29, 1.82) is 0 Å². The molecule has 1 N–H and O–H groups in total. The molecule has 0 bridgehead atoms. The Morgan fingerprint density at radius 3 is 2.52 bits per heavy atom. The molecule has 33 heavy (non-hydrogen) atoms. The maximum atomic E-state index is 12.9. The minimum atomic E-state index is -3.56. The lowest BCUT2D eigenvalue weighted by Crippen LogP contribution is -2.30. The molecule has 0 aliphatic heterocycles. The van der Waals surface area contributed by atoms with Crippen LogP contribution in [0.1, 0.15) is 45.0 Å². The summed E-state index contributed by atoms with van der Waals surface area (Å²) < 4.78 is 29.3. The van der Waals surface area contributed by atoms with Crippen molar-refractivity contribution in [1.82, 2.24) is 19.2 Å². The number of halogens is 1. The third kappa shape index (κ3) is 5.75. The third-order valence-corrected chi connectivity index (χ3v) is 8.01. The fourth-order valence-electron chi connectivity index (χ4n) is 3.85. The first-order valence-corrected chi connectivity index (χ1v) is 13.1. The van der Waals surface area contributed by atoms with Gasteiger partial charge in [-0.05, 0) is 36.2 Å². The van der Waals surface area contributed by atoms with Gasteiger partial charge in [0.25, 0.3) is 0 Å². The quantitative estimate of drug-likeness (QED) is 0.432. The van der Waals surface area contributed by atoms with Crippen LogP contribution in [0, 0.1) is 0 Å². The van der Waals surface area contributed by atoms with E-state index in [1.54, 1.807) is 18.2 Å². The molecule has 0 saturated heterocycles. The zero-order valence-electron chi connectivity index (χ0n) is 19.3. The van der Waals surface area contributed by atoms with Crippen LogP contribution in [0.4, 0.5) is 0 Å². The van der Waals surface area contributed by atoms with Crippen LogP contribution in [0.2, 0.25) is 5.02 Å². The first-order valence-electron chi connectivity index (χ1n) is 11.3. The minimum Gasteiger partial charge on any atom is -0.352 e. The largest absolute Gasteiger partial charge is 0.352 e. The number of aromatic nitrogens is 2. The number of hydrogen-bond donors (Lipinski definition) is 1. The molecule has 0 fully saturated rings. The van der Waals surface area contributed by atoms with Gasteiger partial charge < -0.3 is 9.88 Å².